The molecule has 3 N–H and O–H groups in total. The molecule has 29 heavy (non-hydrogen) atoms. The second kappa shape index (κ2) is 7.17. The smallest absolute Gasteiger partial charge is 0.225 e. The number of halogens is 3. The summed E-state index contributed by atoms with van der Waals surface area (Å²) in [5.41, 5.74) is -1.51. The van der Waals surface area contributed by atoms with Gasteiger partial charge in [0.05, 0.1) is 15.5 Å². The molecular weight excluding hydrogens is 433 g/mol. The Morgan fingerprint density at radius 3 is 2.00 bits per heavy atom. The number of nitrogens with one attached hydrogen (secondary N) is 1. The molecule has 3 rings (SSSR count). The maximum Gasteiger partial charge on any atom is 0.435 e. The first-order valence-electron chi connectivity index (χ1n) is 7.76. The normalized spacial score (nSPS) is 12.7. The SMILES string of the molecule is NS(=O)(=O)c1ccc(-c2cc(C(F)(F)F)nn2NS(=O)(=O)c2ccccc2)cc1. The predicted molar refractivity (Wildman–Crippen MR) is 97.0 cm³/mol. The molecule has 0 saturated heterocycles. The van der Waals surface area contributed by atoms with E-state index in [0.29, 0.717) is 10.9 Å². The minimum absolute atomic E-state index is 0.0798. The molecule has 154 valence electrons. The molecular formula is C16H13F3N4O4S2. The largest absolute Gasteiger partial charge is 0.435 e. The van der Waals surface area contributed by atoms with Crippen molar-refractivity contribution in [2.45, 2.75) is 16.0 Å². The highest BCUT2D eigenvalue weighted by atomic mass is 32.2. The van der Waals surface area contributed by atoms with Crippen LogP contribution in [-0.2, 0) is 26.2 Å². The summed E-state index contributed by atoms with van der Waals surface area (Å²) in [7, 11) is -8.25. The van der Waals surface area contributed by atoms with Crippen LogP contribution in [0, 0.1) is 0 Å². The highest BCUT2D eigenvalue weighted by Crippen LogP contribution is 2.32. The Labute approximate surface area is 163 Å². The van der Waals surface area contributed by atoms with E-state index in [9.17, 15) is 30.0 Å². The lowest BCUT2D eigenvalue weighted by atomic mass is 10.1. The topological polar surface area (TPSA) is 124 Å². The molecule has 0 atom stereocenters. The average Bonchev–Trinajstić information content (AvgIpc) is 3.05. The summed E-state index contributed by atoms with van der Waals surface area (Å²) in [6.45, 7) is 0. The summed E-state index contributed by atoms with van der Waals surface area (Å²) in [6.07, 6.45) is -4.83. The molecule has 0 aliphatic rings. The molecule has 8 nitrogen and oxygen atoms in total. The lowest BCUT2D eigenvalue weighted by Gasteiger charge is -2.11. The molecule has 1 aromatic heterocycles. The number of alkyl halides is 3. The zero-order valence-corrected chi connectivity index (χ0v) is 16.0. The summed E-state index contributed by atoms with van der Waals surface area (Å²) in [6, 6.07) is 12.2. The van der Waals surface area contributed by atoms with Crippen LogP contribution in [0.15, 0.2) is 70.5 Å². The van der Waals surface area contributed by atoms with Gasteiger partial charge in [-0.1, -0.05) is 30.3 Å². The fourth-order valence-corrected chi connectivity index (χ4v) is 3.88. The highest BCUT2D eigenvalue weighted by Gasteiger charge is 2.35. The van der Waals surface area contributed by atoms with Gasteiger partial charge >= 0.3 is 6.18 Å². The number of sulfonamides is 2. The number of nitrogens with zero attached hydrogens (tertiary/aromatic N) is 2. The predicted octanol–water partition coefficient (Wildman–Crippen LogP) is 2.15. The van der Waals surface area contributed by atoms with Crippen molar-refractivity contribution in [2.75, 3.05) is 4.83 Å². The van der Waals surface area contributed by atoms with Crippen LogP contribution in [-0.4, -0.2) is 26.7 Å². The molecule has 13 heteroatoms. The zero-order chi connectivity index (χ0) is 21.4. The van der Waals surface area contributed by atoms with Gasteiger partial charge in [-0.3, -0.25) is 0 Å². The molecule has 0 saturated carbocycles. The third-order valence-electron chi connectivity index (χ3n) is 3.74. The van der Waals surface area contributed by atoms with Gasteiger partial charge in [-0.2, -0.15) is 31.2 Å². The molecule has 0 spiro atoms. The zero-order valence-electron chi connectivity index (χ0n) is 14.3. The molecule has 3 aromatic rings. The van der Waals surface area contributed by atoms with Gasteiger partial charge in [-0.15, -0.1) is 5.10 Å². The summed E-state index contributed by atoms with van der Waals surface area (Å²) >= 11 is 0. The standard InChI is InChI=1S/C16H13F3N4O4S2/c17-16(18,19)15-10-14(11-6-8-12(9-7-11)28(20,24)25)23(21-15)22-29(26,27)13-4-2-1-3-5-13/h1-10,22H,(H2,20,24,25). The van der Waals surface area contributed by atoms with Gasteiger partial charge in [0.15, 0.2) is 5.69 Å². The molecule has 1 heterocycles. The van der Waals surface area contributed by atoms with Crippen LogP contribution in [0.2, 0.25) is 0 Å². The van der Waals surface area contributed by atoms with Gasteiger partial charge < -0.3 is 0 Å². The first kappa shape index (κ1) is 20.8. The van der Waals surface area contributed by atoms with Gasteiger partial charge in [0.1, 0.15) is 0 Å². The average molecular weight is 446 g/mol. The lowest BCUT2D eigenvalue weighted by Crippen LogP contribution is -2.25. The molecule has 0 radical (unpaired) electrons. The first-order valence-corrected chi connectivity index (χ1v) is 10.8. The number of hydrogen-bond acceptors (Lipinski definition) is 5. The van der Waals surface area contributed by atoms with E-state index < -0.39 is 31.9 Å². The van der Waals surface area contributed by atoms with Crippen LogP contribution in [0.3, 0.4) is 0 Å². The second-order valence-corrected chi connectivity index (χ2v) is 9.02. The van der Waals surface area contributed by atoms with E-state index in [-0.39, 0.29) is 21.0 Å². The van der Waals surface area contributed by atoms with Crippen LogP contribution >= 0.6 is 0 Å². The van der Waals surface area contributed by atoms with E-state index in [1.54, 1.807) is 6.07 Å². The van der Waals surface area contributed by atoms with Crippen molar-refractivity contribution in [2.24, 2.45) is 5.14 Å². The van der Waals surface area contributed by atoms with Crippen molar-refractivity contribution in [1.82, 2.24) is 9.89 Å². The third-order valence-corrected chi connectivity index (χ3v) is 5.97. The molecule has 0 aliphatic heterocycles. The molecule has 0 fully saturated rings. The Morgan fingerprint density at radius 2 is 1.48 bits per heavy atom. The Morgan fingerprint density at radius 1 is 0.897 bits per heavy atom. The first-order chi connectivity index (χ1) is 13.4. The van der Waals surface area contributed by atoms with Crippen molar-refractivity contribution >= 4 is 20.0 Å². The third kappa shape index (κ3) is 4.58. The van der Waals surface area contributed by atoms with Crippen molar-refractivity contribution in [3.05, 3.63) is 66.4 Å². The van der Waals surface area contributed by atoms with Gasteiger partial charge in [0.25, 0.3) is 10.0 Å². The van der Waals surface area contributed by atoms with Gasteiger partial charge in [0.2, 0.25) is 10.0 Å². The molecule has 0 amide bonds. The Bertz CT molecular complexity index is 1240. The number of rotatable bonds is 5. The summed E-state index contributed by atoms with van der Waals surface area (Å²) in [5.74, 6) is 0. The minimum Gasteiger partial charge on any atom is -0.225 e. The minimum atomic E-state index is -4.83. The number of benzene rings is 2. The van der Waals surface area contributed by atoms with Gasteiger partial charge in [-0.05, 0) is 30.3 Å². The monoisotopic (exact) mass is 446 g/mol. The molecule has 0 aliphatic carbocycles. The van der Waals surface area contributed by atoms with Crippen LogP contribution < -0.4 is 9.97 Å². The van der Waals surface area contributed by atoms with E-state index in [4.69, 9.17) is 5.14 Å². The van der Waals surface area contributed by atoms with E-state index in [0.717, 1.165) is 12.1 Å². The van der Waals surface area contributed by atoms with E-state index >= 15 is 0 Å². The quantitative estimate of drug-likeness (QED) is 0.622. The maximum absolute atomic E-state index is 13.1. The van der Waals surface area contributed by atoms with Crippen molar-refractivity contribution in [1.29, 1.82) is 0 Å². The number of primary sulfonamides is 1. The maximum atomic E-state index is 13.1. The lowest BCUT2D eigenvalue weighted by molar-refractivity contribution is -0.141. The van der Waals surface area contributed by atoms with Gasteiger partial charge in [-0.25, -0.2) is 13.6 Å². The van der Waals surface area contributed by atoms with E-state index in [2.05, 4.69) is 5.10 Å². The van der Waals surface area contributed by atoms with E-state index in [1.807, 2.05) is 4.83 Å². The van der Waals surface area contributed by atoms with Crippen LogP contribution in [0.4, 0.5) is 13.2 Å². The summed E-state index contributed by atoms with van der Waals surface area (Å²) in [4.78, 5) is 2.01. The van der Waals surface area contributed by atoms with Crippen LogP contribution in [0.25, 0.3) is 11.3 Å². The fraction of sp³-hybridized carbons (Fsp3) is 0.0625. The van der Waals surface area contributed by atoms with Crippen molar-refractivity contribution < 1.29 is 30.0 Å². The highest BCUT2D eigenvalue weighted by molar-refractivity contribution is 7.92. The molecule has 0 bridgehead atoms. The second-order valence-electron chi connectivity index (χ2n) is 5.80. The Hall–Kier alpha value is -2.90. The fourth-order valence-electron chi connectivity index (χ4n) is 2.38. The number of hydrogen-bond donors (Lipinski definition) is 2. The van der Waals surface area contributed by atoms with Crippen LogP contribution in [0.1, 0.15) is 5.69 Å². The van der Waals surface area contributed by atoms with E-state index in [1.165, 1.54) is 36.4 Å². The van der Waals surface area contributed by atoms with Crippen molar-refractivity contribution in [3.8, 4) is 11.3 Å². The van der Waals surface area contributed by atoms with Crippen LogP contribution in [0.5, 0.6) is 0 Å². The summed E-state index contributed by atoms with van der Waals surface area (Å²) < 4.78 is 87.0. The summed E-state index contributed by atoms with van der Waals surface area (Å²) in [5, 5.41) is 8.30. The molecule has 2 aromatic carbocycles. The number of aromatic nitrogens is 2. The number of nitrogens with two attached hydrogens (primary N) is 1. The Balaban J connectivity index is 2.09. The van der Waals surface area contributed by atoms with Crippen molar-refractivity contribution in [3.63, 3.8) is 0 Å². The van der Waals surface area contributed by atoms with Gasteiger partial charge in [0, 0.05) is 5.56 Å². The molecule has 0 unspecified atom stereocenters. The Kier molecular flexibility index (Phi) is 5.15.